The third kappa shape index (κ3) is 3.61. The second kappa shape index (κ2) is 7.03. The van der Waals surface area contributed by atoms with Crippen LogP contribution in [0.4, 0.5) is 0 Å². The summed E-state index contributed by atoms with van der Waals surface area (Å²) in [6.07, 6.45) is 2.47. The van der Waals surface area contributed by atoms with Crippen molar-refractivity contribution in [1.82, 2.24) is 9.80 Å². The fourth-order valence-electron chi connectivity index (χ4n) is 3.07. The second-order valence-electron chi connectivity index (χ2n) is 5.96. The normalized spacial score (nSPS) is 19.5. The van der Waals surface area contributed by atoms with E-state index in [9.17, 15) is 0 Å². The van der Waals surface area contributed by atoms with Gasteiger partial charge in [0.1, 0.15) is 0 Å². The number of likely N-dealkylation sites (tertiary alicyclic amines) is 1. The van der Waals surface area contributed by atoms with E-state index in [0.717, 1.165) is 0 Å². The van der Waals surface area contributed by atoms with Gasteiger partial charge >= 0.3 is 0 Å². The van der Waals surface area contributed by atoms with Crippen LogP contribution in [0.1, 0.15) is 30.0 Å². The third-order valence-electron chi connectivity index (χ3n) is 4.55. The Hall–Kier alpha value is -0.420. The van der Waals surface area contributed by atoms with E-state index >= 15 is 0 Å². The average Bonchev–Trinajstić information content (AvgIpc) is 2.44. The minimum Gasteiger partial charge on any atom is -0.329 e. The number of piperidine rings is 1. The molecule has 20 heavy (non-hydrogen) atoms. The van der Waals surface area contributed by atoms with Gasteiger partial charge in [-0.3, -0.25) is 4.90 Å². The van der Waals surface area contributed by atoms with Crippen LogP contribution in [0.25, 0.3) is 0 Å². The number of likely N-dealkylation sites (N-methyl/N-ethyl adjacent to an activating group) is 1. The zero-order valence-corrected chi connectivity index (χ0v) is 14.4. The minimum atomic E-state index is 0.315. The van der Waals surface area contributed by atoms with Crippen LogP contribution in [0.2, 0.25) is 0 Å². The first kappa shape index (κ1) is 16.0. The Kier molecular flexibility index (Phi) is 5.61. The lowest BCUT2D eigenvalue weighted by Crippen LogP contribution is -2.45. The van der Waals surface area contributed by atoms with Gasteiger partial charge in [-0.15, -0.1) is 0 Å². The van der Waals surface area contributed by atoms with E-state index in [2.05, 4.69) is 64.9 Å². The van der Waals surface area contributed by atoms with Crippen molar-refractivity contribution in [2.45, 2.75) is 31.8 Å². The largest absolute Gasteiger partial charge is 0.329 e. The number of halogens is 1. The molecule has 2 rings (SSSR count). The molecule has 0 radical (unpaired) electrons. The smallest absolute Gasteiger partial charge is 0.0470 e. The highest BCUT2D eigenvalue weighted by Gasteiger charge is 2.26. The molecule has 1 aliphatic heterocycles. The summed E-state index contributed by atoms with van der Waals surface area (Å²) in [5.74, 6) is 0. The molecular formula is C16H26BrN3. The van der Waals surface area contributed by atoms with Crippen LogP contribution >= 0.6 is 15.9 Å². The summed E-state index contributed by atoms with van der Waals surface area (Å²) in [6, 6.07) is 7.54. The zero-order chi connectivity index (χ0) is 14.7. The van der Waals surface area contributed by atoms with E-state index < -0.39 is 0 Å². The van der Waals surface area contributed by atoms with Crippen LogP contribution in [0.3, 0.4) is 0 Å². The van der Waals surface area contributed by atoms with Gasteiger partial charge < -0.3 is 10.6 Å². The number of nitrogens with zero attached hydrogens (tertiary/aromatic N) is 2. The fraction of sp³-hybridized carbons (Fsp3) is 0.625. The van der Waals surface area contributed by atoms with E-state index in [1.165, 1.54) is 41.5 Å². The molecule has 0 spiro atoms. The Labute approximate surface area is 131 Å². The molecule has 4 heteroatoms. The predicted molar refractivity (Wildman–Crippen MR) is 89.0 cm³/mol. The SMILES string of the molecule is Cc1cc(C(CN)N(C)C2CCN(C)CC2)ccc1Br. The monoisotopic (exact) mass is 339 g/mol. The fourth-order valence-corrected chi connectivity index (χ4v) is 3.32. The Balaban J connectivity index is 2.12. The van der Waals surface area contributed by atoms with Crippen molar-refractivity contribution in [2.24, 2.45) is 5.73 Å². The quantitative estimate of drug-likeness (QED) is 0.915. The van der Waals surface area contributed by atoms with Gasteiger partial charge in [-0.2, -0.15) is 0 Å². The molecule has 1 heterocycles. The van der Waals surface area contributed by atoms with E-state index in [1.54, 1.807) is 0 Å². The van der Waals surface area contributed by atoms with E-state index in [-0.39, 0.29) is 0 Å². The molecule has 0 amide bonds. The maximum absolute atomic E-state index is 6.06. The van der Waals surface area contributed by atoms with Crippen molar-refractivity contribution in [3.63, 3.8) is 0 Å². The molecule has 0 saturated carbocycles. The van der Waals surface area contributed by atoms with Gasteiger partial charge in [0.25, 0.3) is 0 Å². The van der Waals surface area contributed by atoms with Crippen LogP contribution in [0.15, 0.2) is 22.7 Å². The number of benzene rings is 1. The first-order chi connectivity index (χ1) is 9.52. The summed E-state index contributed by atoms with van der Waals surface area (Å²) in [4.78, 5) is 4.89. The van der Waals surface area contributed by atoms with Crippen LogP contribution in [0, 0.1) is 6.92 Å². The molecule has 1 saturated heterocycles. The summed E-state index contributed by atoms with van der Waals surface area (Å²) in [7, 11) is 4.43. The molecule has 1 atom stereocenters. The lowest BCUT2D eigenvalue weighted by Gasteiger charge is -2.39. The van der Waals surface area contributed by atoms with E-state index in [0.29, 0.717) is 18.6 Å². The third-order valence-corrected chi connectivity index (χ3v) is 5.44. The topological polar surface area (TPSA) is 32.5 Å². The molecule has 3 nitrogen and oxygen atoms in total. The summed E-state index contributed by atoms with van der Waals surface area (Å²) >= 11 is 3.57. The second-order valence-corrected chi connectivity index (χ2v) is 6.81. The van der Waals surface area contributed by atoms with Gasteiger partial charge in [0.2, 0.25) is 0 Å². The van der Waals surface area contributed by atoms with Gasteiger partial charge in [-0.25, -0.2) is 0 Å². The summed E-state index contributed by atoms with van der Waals surface area (Å²) in [6.45, 7) is 5.18. The van der Waals surface area contributed by atoms with Crippen molar-refractivity contribution in [2.75, 3.05) is 33.7 Å². The molecule has 0 aliphatic carbocycles. The maximum atomic E-state index is 6.06. The maximum Gasteiger partial charge on any atom is 0.0470 e. The van der Waals surface area contributed by atoms with E-state index in [1.807, 2.05) is 0 Å². The molecule has 1 aliphatic rings. The van der Waals surface area contributed by atoms with Gasteiger partial charge in [-0.1, -0.05) is 28.1 Å². The number of rotatable bonds is 4. The molecule has 1 aromatic rings. The van der Waals surface area contributed by atoms with E-state index in [4.69, 9.17) is 5.73 Å². The molecule has 0 aromatic heterocycles. The van der Waals surface area contributed by atoms with Crippen LogP contribution in [0.5, 0.6) is 0 Å². The van der Waals surface area contributed by atoms with Crippen molar-refractivity contribution >= 4 is 15.9 Å². The zero-order valence-electron chi connectivity index (χ0n) is 12.8. The van der Waals surface area contributed by atoms with Crippen molar-refractivity contribution in [3.05, 3.63) is 33.8 Å². The first-order valence-corrected chi connectivity index (χ1v) is 8.18. The predicted octanol–water partition coefficient (Wildman–Crippen LogP) is 2.78. The molecule has 0 bridgehead atoms. The highest BCUT2D eigenvalue weighted by molar-refractivity contribution is 9.10. The van der Waals surface area contributed by atoms with Gasteiger partial charge in [-0.05, 0) is 64.1 Å². The molecular weight excluding hydrogens is 314 g/mol. The number of nitrogens with two attached hydrogens (primary N) is 1. The molecule has 1 aromatic carbocycles. The first-order valence-electron chi connectivity index (χ1n) is 7.39. The van der Waals surface area contributed by atoms with Gasteiger partial charge in [0.05, 0.1) is 0 Å². The molecule has 1 fully saturated rings. The Bertz CT molecular complexity index is 441. The summed E-state index contributed by atoms with van der Waals surface area (Å²) in [5, 5.41) is 0. The highest BCUT2D eigenvalue weighted by atomic mass is 79.9. The lowest BCUT2D eigenvalue weighted by atomic mass is 9.98. The number of hydrogen-bond acceptors (Lipinski definition) is 3. The standard InChI is InChI=1S/C16H26BrN3/c1-12-10-13(4-5-15(12)17)16(11-18)20(3)14-6-8-19(2)9-7-14/h4-5,10,14,16H,6-9,11,18H2,1-3H3. The van der Waals surface area contributed by atoms with Crippen LogP contribution in [-0.4, -0.2) is 49.6 Å². The highest BCUT2D eigenvalue weighted by Crippen LogP contribution is 2.27. The minimum absolute atomic E-state index is 0.315. The molecule has 2 N–H and O–H groups in total. The van der Waals surface area contributed by atoms with Crippen molar-refractivity contribution < 1.29 is 0 Å². The summed E-state index contributed by atoms with van der Waals surface area (Å²) in [5.41, 5.74) is 8.67. The van der Waals surface area contributed by atoms with Crippen molar-refractivity contribution in [3.8, 4) is 0 Å². The molecule has 112 valence electrons. The number of hydrogen-bond donors (Lipinski definition) is 1. The Morgan fingerprint density at radius 1 is 1.40 bits per heavy atom. The number of aryl methyl sites for hydroxylation is 1. The Morgan fingerprint density at radius 2 is 2.05 bits per heavy atom. The summed E-state index contributed by atoms with van der Waals surface area (Å²) < 4.78 is 1.17. The lowest BCUT2D eigenvalue weighted by molar-refractivity contribution is 0.109. The van der Waals surface area contributed by atoms with Gasteiger partial charge in [0, 0.05) is 23.1 Å². The average molecular weight is 340 g/mol. The van der Waals surface area contributed by atoms with Crippen molar-refractivity contribution in [1.29, 1.82) is 0 Å². The van der Waals surface area contributed by atoms with Gasteiger partial charge in [0.15, 0.2) is 0 Å². The molecule has 1 unspecified atom stereocenters. The van der Waals surface area contributed by atoms with Crippen LogP contribution in [-0.2, 0) is 0 Å². The van der Waals surface area contributed by atoms with Crippen LogP contribution < -0.4 is 5.73 Å². The Morgan fingerprint density at radius 3 is 2.60 bits per heavy atom.